The van der Waals surface area contributed by atoms with E-state index in [2.05, 4.69) is 34.6 Å². The zero-order chi connectivity index (χ0) is 11.3. The molecule has 2 N–H and O–H groups in total. The Hall–Kier alpha value is -1.36. The van der Waals surface area contributed by atoms with Gasteiger partial charge < -0.3 is 10.7 Å². The second kappa shape index (κ2) is 5.50. The first-order chi connectivity index (χ1) is 7.19. The molecule has 5 nitrogen and oxygen atoms in total. The van der Waals surface area contributed by atoms with Gasteiger partial charge in [-0.05, 0) is 13.3 Å². The molecule has 0 saturated heterocycles. The molecule has 0 aromatic carbocycles. The molecule has 15 heavy (non-hydrogen) atoms. The van der Waals surface area contributed by atoms with Crippen molar-refractivity contribution >= 4 is 11.6 Å². The lowest BCUT2D eigenvalue weighted by molar-refractivity contribution is 0.491. The molecule has 1 aromatic rings. The van der Waals surface area contributed by atoms with E-state index in [4.69, 9.17) is 0 Å². The Morgan fingerprint density at radius 2 is 1.87 bits per heavy atom. The number of hydrogen-bond donors (Lipinski definition) is 2. The van der Waals surface area contributed by atoms with Gasteiger partial charge in [0.25, 0.3) is 0 Å². The first-order valence-corrected chi connectivity index (χ1v) is 5.20. The first kappa shape index (κ1) is 11.7. The Labute approximate surface area is 90.9 Å². The Morgan fingerprint density at radius 1 is 1.20 bits per heavy atom. The van der Waals surface area contributed by atoms with E-state index in [1.807, 2.05) is 19.1 Å². The van der Waals surface area contributed by atoms with Crippen molar-refractivity contribution in [2.75, 3.05) is 31.4 Å². The summed E-state index contributed by atoms with van der Waals surface area (Å²) in [6, 6.07) is 0. The molecular weight excluding hydrogens is 190 g/mol. The van der Waals surface area contributed by atoms with E-state index in [9.17, 15) is 0 Å². The topological polar surface area (TPSA) is 53.1 Å². The molecular formula is C10H19N5. The van der Waals surface area contributed by atoms with Crippen molar-refractivity contribution in [1.29, 1.82) is 0 Å². The summed E-state index contributed by atoms with van der Waals surface area (Å²) in [7, 11) is 3.88. The van der Waals surface area contributed by atoms with Gasteiger partial charge in [0.05, 0.1) is 0 Å². The number of hydrazine groups is 1. The molecule has 1 rings (SSSR count). The first-order valence-electron chi connectivity index (χ1n) is 5.20. The molecule has 1 heterocycles. The van der Waals surface area contributed by atoms with E-state index in [0.717, 1.165) is 30.2 Å². The highest BCUT2D eigenvalue weighted by Gasteiger charge is 2.08. The standard InChI is InChI=1S/C10H19N5/c1-5-8-9(11-6-2)12-7-13-10(8)14-15(3)4/h7H,5-6H2,1-4H3,(H2,11,12,13,14). The highest BCUT2D eigenvalue weighted by Crippen LogP contribution is 2.20. The third-order valence-electron chi connectivity index (χ3n) is 1.97. The molecule has 0 saturated carbocycles. The van der Waals surface area contributed by atoms with Gasteiger partial charge in [-0.2, -0.15) is 0 Å². The molecule has 0 bridgehead atoms. The molecule has 1 aromatic heterocycles. The Balaban J connectivity index is 2.98. The average molecular weight is 209 g/mol. The van der Waals surface area contributed by atoms with Crippen molar-refractivity contribution in [2.45, 2.75) is 20.3 Å². The van der Waals surface area contributed by atoms with Crippen LogP contribution in [-0.2, 0) is 6.42 Å². The number of anilines is 2. The van der Waals surface area contributed by atoms with E-state index in [1.54, 1.807) is 6.33 Å². The minimum atomic E-state index is 0.866. The molecule has 84 valence electrons. The van der Waals surface area contributed by atoms with Gasteiger partial charge in [-0.15, -0.1) is 0 Å². The maximum absolute atomic E-state index is 4.23. The van der Waals surface area contributed by atoms with Crippen molar-refractivity contribution in [2.24, 2.45) is 0 Å². The largest absolute Gasteiger partial charge is 0.370 e. The lowest BCUT2D eigenvalue weighted by Gasteiger charge is -2.17. The zero-order valence-corrected chi connectivity index (χ0v) is 9.83. The summed E-state index contributed by atoms with van der Waals surface area (Å²) < 4.78 is 0. The second-order valence-electron chi connectivity index (χ2n) is 3.44. The van der Waals surface area contributed by atoms with E-state index in [-0.39, 0.29) is 0 Å². The predicted molar refractivity (Wildman–Crippen MR) is 62.9 cm³/mol. The van der Waals surface area contributed by atoms with Crippen LogP contribution in [0.1, 0.15) is 19.4 Å². The minimum Gasteiger partial charge on any atom is -0.370 e. The molecule has 0 radical (unpaired) electrons. The van der Waals surface area contributed by atoms with Gasteiger partial charge in [-0.3, -0.25) is 0 Å². The smallest absolute Gasteiger partial charge is 0.149 e. The highest BCUT2D eigenvalue weighted by molar-refractivity contribution is 5.56. The third-order valence-corrected chi connectivity index (χ3v) is 1.97. The van der Waals surface area contributed by atoms with Gasteiger partial charge >= 0.3 is 0 Å². The molecule has 0 unspecified atom stereocenters. The summed E-state index contributed by atoms with van der Waals surface area (Å²) in [5.74, 6) is 1.78. The van der Waals surface area contributed by atoms with Crippen LogP contribution in [-0.4, -0.2) is 35.6 Å². The normalized spacial score (nSPS) is 10.5. The summed E-state index contributed by atoms with van der Waals surface area (Å²) in [4.78, 5) is 8.46. The summed E-state index contributed by atoms with van der Waals surface area (Å²) in [5, 5.41) is 5.10. The highest BCUT2D eigenvalue weighted by atomic mass is 15.5. The van der Waals surface area contributed by atoms with Crippen LogP contribution < -0.4 is 10.7 Å². The van der Waals surface area contributed by atoms with E-state index < -0.39 is 0 Å². The van der Waals surface area contributed by atoms with Crippen molar-refractivity contribution < 1.29 is 0 Å². The van der Waals surface area contributed by atoms with Crippen molar-refractivity contribution in [3.05, 3.63) is 11.9 Å². The predicted octanol–water partition coefficient (Wildman–Crippen LogP) is 1.36. The Bertz CT molecular complexity index is 311. The SMILES string of the molecule is CCNc1ncnc(NN(C)C)c1CC. The molecule has 0 amide bonds. The fourth-order valence-electron chi connectivity index (χ4n) is 1.38. The summed E-state index contributed by atoms with van der Waals surface area (Å²) in [6.07, 6.45) is 2.47. The van der Waals surface area contributed by atoms with Crippen molar-refractivity contribution in [1.82, 2.24) is 15.0 Å². The molecule has 5 heteroatoms. The number of hydrogen-bond acceptors (Lipinski definition) is 5. The second-order valence-corrected chi connectivity index (χ2v) is 3.44. The van der Waals surface area contributed by atoms with Crippen LogP contribution in [0.15, 0.2) is 6.33 Å². The lowest BCUT2D eigenvalue weighted by atomic mass is 10.2. The molecule has 0 aliphatic heterocycles. The van der Waals surface area contributed by atoms with Gasteiger partial charge in [0.1, 0.15) is 18.0 Å². The van der Waals surface area contributed by atoms with E-state index in [1.165, 1.54) is 0 Å². The van der Waals surface area contributed by atoms with Crippen molar-refractivity contribution in [3.63, 3.8) is 0 Å². The van der Waals surface area contributed by atoms with Crippen LogP contribution in [0.25, 0.3) is 0 Å². The summed E-state index contributed by atoms with van der Waals surface area (Å²) in [6.45, 7) is 5.02. The fourth-order valence-corrected chi connectivity index (χ4v) is 1.38. The number of nitrogens with zero attached hydrogens (tertiary/aromatic N) is 3. The lowest BCUT2D eigenvalue weighted by Crippen LogP contribution is -2.22. The monoisotopic (exact) mass is 209 g/mol. The molecule has 0 fully saturated rings. The minimum absolute atomic E-state index is 0.866. The number of aromatic nitrogens is 2. The summed E-state index contributed by atoms with van der Waals surface area (Å²) >= 11 is 0. The maximum Gasteiger partial charge on any atom is 0.149 e. The number of rotatable bonds is 5. The van der Waals surface area contributed by atoms with Gasteiger partial charge in [0.2, 0.25) is 0 Å². The average Bonchev–Trinajstić information content (AvgIpc) is 2.18. The van der Waals surface area contributed by atoms with Crippen LogP contribution in [0.2, 0.25) is 0 Å². The molecule has 0 aliphatic rings. The molecule has 0 spiro atoms. The number of nitrogens with one attached hydrogen (secondary N) is 2. The van der Waals surface area contributed by atoms with Crippen LogP contribution in [0.5, 0.6) is 0 Å². The van der Waals surface area contributed by atoms with Gasteiger partial charge in [-0.25, -0.2) is 15.0 Å². The molecule has 0 aliphatic carbocycles. The fraction of sp³-hybridized carbons (Fsp3) is 0.600. The van der Waals surface area contributed by atoms with Crippen LogP contribution in [0, 0.1) is 0 Å². The van der Waals surface area contributed by atoms with Crippen LogP contribution >= 0.6 is 0 Å². The zero-order valence-electron chi connectivity index (χ0n) is 9.83. The Kier molecular flexibility index (Phi) is 4.30. The quantitative estimate of drug-likeness (QED) is 0.717. The van der Waals surface area contributed by atoms with Gasteiger partial charge in [-0.1, -0.05) is 6.92 Å². The maximum atomic E-state index is 4.23. The van der Waals surface area contributed by atoms with Crippen molar-refractivity contribution in [3.8, 4) is 0 Å². The van der Waals surface area contributed by atoms with Crippen LogP contribution in [0.3, 0.4) is 0 Å². The van der Waals surface area contributed by atoms with E-state index in [0.29, 0.717) is 0 Å². The molecule has 0 atom stereocenters. The van der Waals surface area contributed by atoms with Gasteiger partial charge in [0, 0.05) is 26.2 Å². The van der Waals surface area contributed by atoms with E-state index >= 15 is 0 Å². The summed E-state index contributed by atoms with van der Waals surface area (Å²) in [5.41, 5.74) is 4.28. The van der Waals surface area contributed by atoms with Gasteiger partial charge in [0.15, 0.2) is 0 Å². The Morgan fingerprint density at radius 3 is 2.40 bits per heavy atom. The third kappa shape index (κ3) is 3.06. The van der Waals surface area contributed by atoms with Crippen LogP contribution in [0.4, 0.5) is 11.6 Å².